The molecule has 1 atom stereocenters. The van der Waals surface area contributed by atoms with Gasteiger partial charge in [0.1, 0.15) is 11.1 Å². The summed E-state index contributed by atoms with van der Waals surface area (Å²) >= 11 is 1.42. The van der Waals surface area contributed by atoms with E-state index >= 15 is 0 Å². The summed E-state index contributed by atoms with van der Waals surface area (Å²) in [5.74, 6) is -0.402. The summed E-state index contributed by atoms with van der Waals surface area (Å²) in [7, 11) is 0. The van der Waals surface area contributed by atoms with E-state index in [1.165, 1.54) is 23.9 Å². The van der Waals surface area contributed by atoms with Gasteiger partial charge in [0.25, 0.3) is 0 Å². The first-order chi connectivity index (χ1) is 14.2. The maximum absolute atomic E-state index is 13.1. The molecule has 4 aromatic rings. The van der Waals surface area contributed by atoms with E-state index in [-0.39, 0.29) is 11.7 Å². The molecule has 1 aromatic heterocycles. The quantitative estimate of drug-likeness (QED) is 0.432. The second-order valence-corrected chi connectivity index (χ2v) is 7.72. The van der Waals surface area contributed by atoms with Crippen molar-refractivity contribution in [1.29, 1.82) is 0 Å². The molecule has 0 fully saturated rings. The lowest BCUT2D eigenvalue weighted by Gasteiger charge is -2.17. The van der Waals surface area contributed by atoms with Gasteiger partial charge in [-0.05, 0) is 35.4 Å². The molecule has 0 aliphatic carbocycles. The number of aromatic nitrogens is 1. The first-order valence-electron chi connectivity index (χ1n) is 9.28. The Morgan fingerprint density at radius 2 is 1.62 bits per heavy atom. The smallest absolute Gasteiger partial charge is 0.238 e. The molecule has 3 nitrogen and oxygen atoms in total. The number of carbonyl (C=O) groups is 1. The lowest BCUT2D eigenvalue weighted by Crippen LogP contribution is -2.27. The molecule has 144 valence electrons. The monoisotopic (exact) mass is 402 g/mol. The van der Waals surface area contributed by atoms with Gasteiger partial charge in [-0.2, -0.15) is 0 Å². The number of nitrogens with zero attached hydrogens (tertiary/aromatic N) is 1. The summed E-state index contributed by atoms with van der Waals surface area (Å²) in [4.78, 5) is 17.7. The number of thioether (sulfide) groups is 1. The van der Waals surface area contributed by atoms with E-state index in [1.807, 2.05) is 66.7 Å². The number of benzene rings is 3. The summed E-state index contributed by atoms with van der Waals surface area (Å²) in [6, 6.07) is 27.6. The van der Waals surface area contributed by atoms with E-state index in [9.17, 15) is 9.18 Å². The van der Waals surface area contributed by atoms with Crippen LogP contribution in [0.1, 0.15) is 16.4 Å². The van der Waals surface area contributed by atoms with Crippen molar-refractivity contribution in [2.75, 3.05) is 0 Å². The summed E-state index contributed by atoms with van der Waals surface area (Å²) < 4.78 is 13.1. The Morgan fingerprint density at radius 1 is 0.897 bits per heavy atom. The summed E-state index contributed by atoms with van der Waals surface area (Å²) in [6.07, 6.45) is 0. The minimum atomic E-state index is -0.440. The van der Waals surface area contributed by atoms with E-state index in [0.717, 1.165) is 27.1 Å². The van der Waals surface area contributed by atoms with Gasteiger partial charge in [-0.15, -0.1) is 0 Å². The Labute approximate surface area is 173 Å². The van der Waals surface area contributed by atoms with Crippen LogP contribution in [0.5, 0.6) is 0 Å². The number of halogens is 1. The van der Waals surface area contributed by atoms with Crippen LogP contribution in [0.25, 0.3) is 10.9 Å². The number of hydrogen-bond donors (Lipinski definition) is 1. The fourth-order valence-electron chi connectivity index (χ4n) is 3.02. The molecule has 29 heavy (non-hydrogen) atoms. The zero-order valence-electron chi connectivity index (χ0n) is 15.6. The molecular weight excluding hydrogens is 383 g/mol. The van der Waals surface area contributed by atoms with Crippen molar-refractivity contribution >= 4 is 28.6 Å². The highest BCUT2D eigenvalue weighted by molar-refractivity contribution is 8.00. The first-order valence-corrected chi connectivity index (χ1v) is 10.2. The number of amides is 1. The molecule has 0 saturated carbocycles. The molecule has 1 N–H and O–H groups in total. The van der Waals surface area contributed by atoms with Crippen molar-refractivity contribution in [1.82, 2.24) is 10.3 Å². The van der Waals surface area contributed by atoms with Crippen LogP contribution < -0.4 is 5.32 Å². The number of pyridine rings is 1. The maximum atomic E-state index is 13.1. The fraction of sp³-hybridized carbons (Fsp3) is 0.0833. The second kappa shape index (κ2) is 8.88. The molecule has 1 amide bonds. The zero-order valence-corrected chi connectivity index (χ0v) is 16.4. The molecule has 0 bridgehead atoms. The highest BCUT2D eigenvalue weighted by atomic mass is 32.2. The Kier molecular flexibility index (Phi) is 5.86. The average molecular weight is 402 g/mol. The van der Waals surface area contributed by atoms with Gasteiger partial charge in [-0.1, -0.05) is 78.5 Å². The minimum Gasteiger partial charge on any atom is -0.351 e. The lowest BCUT2D eigenvalue weighted by molar-refractivity contribution is -0.120. The van der Waals surface area contributed by atoms with E-state index in [0.29, 0.717) is 6.54 Å². The van der Waals surface area contributed by atoms with Gasteiger partial charge in [-0.3, -0.25) is 4.79 Å². The topological polar surface area (TPSA) is 42.0 Å². The molecule has 4 rings (SSSR count). The lowest BCUT2D eigenvalue weighted by atomic mass is 10.1. The molecule has 3 aromatic carbocycles. The van der Waals surface area contributed by atoms with E-state index in [1.54, 1.807) is 12.1 Å². The Balaban J connectivity index is 1.55. The van der Waals surface area contributed by atoms with E-state index in [4.69, 9.17) is 4.98 Å². The van der Waals surface area contributed by atoms with Gasteiger partial charge in [-0.25, -0.2) is 9.37 Å². The number of hydrogen-bond acceptors (Lipinski definition) is 3. The second-order valence-electron chi connectivity index (χ2n) is 6.60. The Bertz CT molecular complexity index is 1120. The predicted molar refractivity (Wildman–Crippen MR) is 115 cm³/mol. The van der Waals surface area contributed by atoms with Crippen molar-refractivity contribution < 1.29 is 9.18 Å². The highest BCUT2D eigenvalue weighted by Gasteiger charge is 2.22. The molecule has 0 aliphatic rings. The molecule has 5 heteroatoms. The SMILES string of the molecule is O=C(NCc1ccc(F)cc1)[C@H](Sc1ccc2ccccc2n1)c1ccccc1. The molecule has 0 saturated heterocycles. The first kappa shape index (κ1) is 19.2. The summed E-state index contributed by atoms with van der Waals surface area (Å²) in [5.41, 5.74) is 2.65. The average Bonchev–Trinajstić information content (AvgIpc) is 2.77. The van der Waals surface area contributed by atoms with Gasteiger partial charge in [0.2, 0.25) is 5.91 Å². The van der Waals surface area contributed by atoms with Gasteiger partial charge < -0.3 is 5.32 Å². The third-order valence-corrected chi connectivity index (χ3v) is 5.72. The standard InChI is InChI=1S/C24H19FN2OS/c25-20-13-10-17(11-14-20)16-26-24(28)23(19-7-2-1-3-8-19)29-22-15-12-18-6-4-5-9-21(18)27-22/h1-15,23H,16H2,(H,26,28)/t23-/m1/s1. The summed E-state index contributed by atoms with van der Waals surface area (Å²) in [6.45, 7) is 0.341. The summed E-state index contributed by atoms with van der Waals surface area (Å²) in [5, 5.41) is 4.38. The largest absolute Gasteiger partial charge is 0.351 e. The Hall–Kier alpha value is -3.18. The number of fused-ring (bicyclic) bond motifs is 1. The van der Waals surface area contributed by atoms with Gasteiger partial charge in [0, 0.05) is 11.9 Å². The van der Waals surface area contributed by atoms with E-state index < -0.39 is 5.25 Å². The molecular formula is C24H19FN2OS. The predicted octanol–water partition coefficient (Wildman–Crippen LogP) is 5.52. The van der Waals surface area contributed by atoms with Crippen LogP contribution >= 0.6 is 11.8 Å². The molecule has 0 unspecified atom stereocenters. The van der Waals surface area contributed by atoms with E-state index in [2.05, 4.69) is 5.32 Å². The number of para-hydroxylation sites is 1. The van der Waals surface area contributed by atoms with Gasteiger partial charge in [0.05, 0.1) is 10.5 Å². The van der Waals surface area contributed by atoms with Crippen LogP contribution in [0, 0.1) is 5.82 Å². The molecule has 0 spiro atoms. The Morgan fingerprint density at radius 3 is 2.41 bits per heavy atom. The van der Waals surface area contributed by atoms with Crippen LogP contribution in [0.2, 0.25) is 0 Å². The number of nitrogens with one attached hydrogen (secondary N) is 1. The van der Waals surface area contributed by atoms with Crippen molar-refractivity contribution in [2.45, 2.75) is 16.8 Å². The van der Waals surface area contributed by atoms with Crippen LogP contribution in [-0.4, -0.2) is 10.9 Å². The maximum Gasteiger partial charge on any atom is 0.238 e. The van der Waals surface area contributed by atoms with Crippen LogP contribution in [-0.2, 0) is 11.3 Å². The molecule has 1 heterocycles. The zero-order chi connectivity index (χ0) is 20.1. The third kappa shape index (κ3) is 4.81. The van der Waals surface area contributed by atoms with Crippen molar-refractivity contribution in [3.05, 3.63) is 108 Å². The normalized spacial score (nSPS) is 11.9. The molecule has 0 radical (unpaired) electrons. The van der Waals surface area contributed by atoms with Crippen LogP contribution in [0.15, 0.2) is 96.0 Å². The molecule has 0 aliphatic heterocycles. The minimum absolute atomic E-state index is 0.111. The van der Waals surface area contributed by atoms with Gasteiger partial charge in [0.15, 0.2) is 0 Å². The third-order valence-electron chi connectivity index (χ3n) is 4.53. The van der Waals surface area contributed by atoms with Crippen molar-refractivity contribution in [3.8, 4) is 0 Å². The number of carbonyl (C=O) groups excluding carboxylic acids is 1. The van der Waals surface area contributed by atoms with Crippen LogP contribution in [0.4, 0.5) is 4.39 Å². The highest BCUT2D eigenvalue weighted by Crippen LogP contribution is 2.35. The van der Waals surface area contributed by atoms with Gasteiger partial charge >= 0.3 is 0 Å². The van der Waals surface area contributed by atoms with Crippen molar-refractivity contribution in [2.24, 2.45) is 0 Å². The number of rotatable bonds is 6. The fourth-order valence-corrected chi connectivity index (χ4v) is 4.04. The van der Waals surface area contributed by atoms with Crippen molar-refractivity contribution in [3.63, 3.8) is 0 Å². The van der Waals surface area contributed by atoms with Crippen LogP contribution in [0.3, 0.4) is 0 Å².